The summed E-state index contributed by atoms with van der Waals surface area (Å²) in [5.41, 5.74) is -0.598. The summed E-state index contributed by atoms with van der Waals surface area (Å²) in [5.74, 6) is 0.519. The van der Waals surface area contributed by atoms with Crippen LogP contribution in [0.4, 0.5) is 0 Å². The Kier molecular flexibility index (Phi) is 22.0. The van der Waals surface area contributed by atoms with Gasteiger partial charge in [-0.25, -0.2) is 0 Å². The highest BCUT2D eigenvalue weighted by Crippen LogP contribution is 2.32. The molecule has 6 amide bonds. The van der Waals surface area contributed by atoms with Crippen LogP contribution < -0.4 is 21.3 Å². The predicted molar refractivity (Wildman–Crippen MR) is 212 cm³/mol. The Balaban J connectivity index is 1.09. The maximum Gasteiger partial charge on any atom is 0.242 e. The third-order valence-electron chi connectivity index (χ3n) is 10.6. The first-order chi connectivity index (χ1) is 26.4. The van der Waals surface area contributed by atoms with Crippen LogP contribution >= 0.6 is 23.5 Å². The molecule has 314 valence electrons. The lowest BCUT2D eigenvalue weighted by atomic mass is 9.81. The van der Waals surface area contributed by atoms with Crippen LogP contribution in [0, 0.1) is 11.8 Å². The molecule has 0 radical (unpaired) electrons. The van der Waals surface area contributed by atoms with E-state index in [9.17, 15) is 44.1 Å². The second-order valence-corrected chi connectivity index (χ2v) is 17.2. The first-order valence-electron chi connectivity index (χ1n) is 20.1. The zero-order valence-electron chi connectivity index (χ0n) is 32.6. The first-order valence-corrected chi connectivity index (χ1v) is 22.5. The van der Waals surface area contributed by atoms with Gasteiger partial charge >= 0.3 is 0 Å². The van der Waals surface area contributed by atoms with E-state index in [1.807, 2.05) is 6.26 Å². The fourth-order valence-corrected chi connectivity index (χ4v) is 9.17. The van der Waals surface area contributed by atoms with Gasteiger partial charge in [0.1, 0.15) is 23.7 Å². The number of imide groups is 1. The van der Waals surface area contributed by atoms with Crippen molar-refractivity contribution in [3.8, 4) is 0 Å². The van der Waals surface area contributed by atoms with Gasteiger partial charge in [-0.1, -0.05) is 19.3 Å². The average Bonchev–Trinajstić information content (AvgIpc) is 3.44. The molecule has 2 heterocycles. The van der Waals surface area contributed by atoms with Crippen molar-refractivity contribution < 1.29 is 48.8 Å². The Labute approximate surface area is 334 Å². The fraction of sp³-hybridized carbons (Fsp3) is 0.842. The van der Waals surface area contributed by atoms with Crippen molar-refractivity contribution in [2.75, 3.05) is 44.8 Å². The predicted octanol–water partition coefficient (Wildman–Crippen LogP) is 1.60. The maximum atomic E-state index is 12.7. The quantitative estimate of drug-likeness (QED) is 0.0516. The lowest BCUT2D eigenvalue weighted by Gasteiger charge is -2.42. The van der Waals surface area contributed by atoms with Gasteiger partial charge in [-0.3, -0.25) is 33.7 Å². The molecule has 0 aromatic rings. The normalized spacial score (nSPS) is 26.8. The maximum absolute atomic E-state index is 12.7. The highest BCUT2D eigenvalue weighted by atomic mass is 32.2. The van der Waals surface area contributed by atoms with Gasteiger partial charge in [0.05, 0.1) is 17.9 Å². The molecule has 6 atom stereocenters. The van der Waals surface area contributed by atoms with Gasteiger partial charge in [0.25, 0.3) is 0 Å². The van der Waals surface area contributed by atoms with Gasteiger partial charge in [0.2, 0.25) is 35.4 Å². The van der Waals surface area contributed by atoms with Crippen molar-refractivity contribution in [3.05, 3.63) is 0 Å². The third-order valence-corrected chi connectivity index (χ3v) is 12.8. The molecule has 1 saturated carbocycles. The van der Waals surface area contributed by atoms with Crippen molar-refractivity contribution in [2.24, 2.45) is 11.8 Å². The highest BCUT2D eigenvalue weighted by molar-refractivity contribution is 8.00. The molecule has 7 N–H and O–H groups in total. The molecule has 2 saturated heterocycles. The van der Waals surface area contributed by atoms with Crippen LogP contribution in [0.1, 0.15) is 110 Å². The minimum Gasteiger partial charge on any atom is -0.394 e. The van der Waals surface area contributed by atoms with Crippen LogP contribution in [0.3, 0.4) is 0 Å². The smallest absolute Gasteiger partial charge is 0.242 e. The topological polar surface area (TPSA) is 224 Å². The number of rotatable bonds is 25. The van der Waals surface area contributed by atoms with E-state index >= 15 is 0 Å². The lowest BCUT2D eigenvalue weighted by molar-refractivity contribution is -0.173. The summed E-state index contributed by atoms with van der Waals surface area (Å²) in [7, 11) is 0. The average molecular weight is 816 g/mol. The number of carbonyl (C=O) groups is 6. The molecule has 3 unspecified atom stereocenters. The van der Waals surface area contributed by atoms with E-state index in [-0.39, 0.29) is 52.5 Å². The molecular formula is C38H65N5O10S2. The number of amides is 6. The summed E-state index contributed by atoms with van der Waals surface area (Å²) in [5, 5.41) is 41.3. The van der Waals surface area contributed by atoms with Gasteiger partial charge in [-0.2, -0.15) is 11.8 Å². The number of ether oxygens (including phenoxy) is 1. The third kappa shape index (κ3) is 16.5. The van der Waals surface area contributed by atoms with Gasteiger partial charge in [0.15, 0.2) is 0 Å². The molecule has 0 bridgehead atoms. The van der Waals surface area contributed by atoms with Gasteiger partial charge in [0, 0.05) is 58.3 Å². The number of aliphatic hydroxyl groups is 3. The van der Waals surface area contributed by atoms with Crippen LogP contribution in [0.25, 0.3) is 0 Å². The standard InChI is InChI=1S/C38H65N5O10S2/c1-25(45)42-33-35(50)34(49)28(24-44)53-38(33)55-21-11-5-10-19-40-31(47)12-6-3-8-18-39-30(46)13-7-4-9-20-41-36(51)27-16-14-26(15-17-27)23-43-32(48)22-29(54-2)37(43)52/h26-29,33-35,38,44,49-50H,3-24H2,1-2H3,(H,39,46)(H,40,47)(H,41,51)(H,42,45)/t26?,27?,28?,29?,33?,34-,35+,38-/m0/s1. The van der Waals surface area contributed by atoms with E-state index in [4.69, 9.17) is 4.74 Å². The van der Waals surface area contributed by atoms with E-state index in [1.165, 1.54) is 35.3 Å². The number of nitrogens with zero attached hydrogens (tertiary/aromatic N) is 1. The van der Waals surface area contributed by atoms with Crippen LogP contribution in [0.5, 0.6) is 0 Å². The molecule has 2 aliphatic heterocycles. The molecule has 3 fully saturated rings. The minimum absolute atomic E-state index is 0.00757. The molecule has 17 heteroatoms. The largest absolute Gasteiger partial charge is 0.394 e. The Morgan fingerprint density at radius 2 is 1.38 bits per heavy atom. The molecule has 15 nitrogen and oxygen atoms in total. The SMILES string of the molecule is CSC1CC(=O)N(CC2CCC(C(=O)NCCCCCC(=O)NCCCCCC(=O)NCCCCCS[C@@H]3OC(CO)[C@H](O)[C@H](O)C3NC(C)=O)CC2)C1=O. The van der Waals surface area contributed by atoms with E-state index in [1.54, 1.807) is 0 Å². The summed E-state index contributed by atoms with van der Waals surface area (Å²) >= 11 is 2.84. The van der Waals surface area contributed by atoms with Gasteiger partial charge < -0.3 is 41.3 Å². The fourth-order valence-electron chi connectivity index (χ4n) is 7.27. The summed E-state index contributed by atoms with van der Waals surface area (Å²) in [6.07, 6.45) is 10.1. The van der Waals surface area contributed by atoms with Gasteiger partial charge in [-0.15, -0.1) is 11.8 Å². The van der Waals surface area contributed by atoms with Crippen LogP contribution in [-0.2, 0) is 33.5 Å². The Morgan fingerprint density at radius 1 is 0.800 bits per heavy atom. The number of unbranched alkanes of at least 4 members (excludes halogenated alkanes) is 6. The van der Waals surface area contributed by atoms with Crippen molar-refractivity contribution >= 4 is 59.0 Å². The highest BCUT2D eigenvalue weighted by Gasteiger charge is 2.45. The summed E-state index contributed by atoms with van der Waals surface area (Å²) in [6.45, 7) is 3.11. The van der Waals surface area contributed by atoms with Crippen LogP contribution in [0.2, 0.25) is 0 Å². The van der Waals surface area contributed by atoms with E-state index in [0.29, 0.717) is 51.2 Å². The number of carbonyl (C=O) groups excluding carboxylic acids is 6. The number of thioether (sulfide) groups is 2. The van der Waals surface area contributed by atoms with E-state index < -0.39 is 36.4 Å². The Bertz CT molecular complexity index is 1240. The van der Waals surface area contributed by atoms with E-state index in [2.05, 4.69) is 21.3 Å². The molecule has 3 rings (SSSR count). The summed E-state index contributed by atoms with van der Waals surface area (Å²) in [4.78, 5) is 74.6. The molecule has 0 aromatic heterocycles. The molecular weight excluding hydrogens is 751 g/mol. The summed E-state index contributed by atoms with van der Waals surface area (Å²) in [6, 6.07) is -0.783. The van der Waals surface area contributed by atoms with E-state index in [0.717, 1.165) is 83.5 Å². The van der Waals surface area contributed by atoms with Gasteiger partial charge in [-0.05, 0) is 82.1 Å². The van der Waals surface area contributed by atoms with Crippen molar-refractivity contribution in [2.45, 2.75) is 145 Å². The molecule has 1 aliphatic carbocycles. The molecule has 0 aromatic carbocycles. The molecule has 55 heavy (non-hydrogen) atoms. The van der Waals surface area contributed by atoms with Crippen molar-refractivity contribution in [1.29, 1.82) is 0 Å². The van der Waals surface area contributed by atoms with Crippen molar-refractivity contribution in [1.82, 2.24) is 26.2 Å². The van der Waals surface area contributed by atoms with Crippen LogP contribution in [0.15, 0.2) is 0 Å². The van der Waals surface area contributed by atoms with Crippen molar-refractivity contribution in [3.63, 3.8) is 0 Å². The molecule has 0 spiro atoms. The second kappa shape index (κ2) is 25.7. The zero-order chi connectivity index (χ0) is 40.2. The first kappa shape index (κ1) is 46.9. The number of hydrogen-bond donors (Lipinski definition) is 7. The van der Waals surface area contributed by atoms with Crippen LogP contribution in [-0.4, -0.2) is 135 Å². The second-order valence-electron chi connectivity index (χ2n) is 15.0. The number of aliphatic hydroxyl groups excluding tert-OH is 3. The Hall–Kier alpha value is -2.44. The minimum atomic E-state index is -1.29. The monoisotopic (exact) mass is 815 g/mol. The zero-order valence-corrected chi connectivity index (χ0v) is 34.3. The lowest BCUT2D eigenvalue weighted by Crippen LogP contribution is -2.63. The Morgan fingerprint density at radius 3 is 1.93 bits per heavy atom. The number of likely N-dealkylation sites (tertiary alicyclic amines) is 1. The molecule has 3 aliphatic rings. The number of hydrogen-bond acceptors (Lipinski definition) is 12. The summed E-state index contributed by atoms with van der Waals surface area (Å²) < 4.78 is 5.72. The number of nitrogens with one attached hydrogen (secondary N) is 4.